The molecule has 0 aromatic heterocycles. The van der Waals surface area contributed by atoms with Gasteiger partial charge in [0.25, 0.3) is 0 Å². The minimum atomic E-state index is -4.46. The van der Waals surface area contributed by atoms with Crippen molar-refractivity contribution < 1.29 is 18.0 Å². The fourth-order valence-corrected chi connectivity index (χ4v) is 2.32. The van der Waals surface area contributed by atoms with E-state index in [1.54, 1.807) is 0 Å². The second kappa shape index (κ2) is 7.79. The van der Waals surface area contributed by atoms with Crippen LogP contribution in [0, 0.1) is 5.92 Å². The van der Waals surface area contributed by atoms with E-state index >= 15 is 0 Å². The predicted octanol–water partition coefficient (Wildman–Crippen LogP) is 4.17. The Morgan fingerprint density at radius 3 is 2.62 bits per heavy atom. The Labute approximate surface area is 130 Å². The van der Waals surface area contributed by atoms with Gasteiger partial charge in [0.1, 0.15) is 0 Å². The van der Waals surface area contributed by atoms with Gasteiger partial charge in [-0.2, -0.15) is 13.2 Å². The van der Waals surface area contributed by atoms with E-state index in [2.05, 4.69) is 21.2 Å². The third-order valence-electron chi connectivity index (χ3n) is 3.08. The van der Waals surface area contributed by atoms with E-state index in [1.165, 1.54) is 12.1 Å². The van der Waals surface area contributed by atoms with Crippen molar-refractivity contribution in [2.75, 3.05) is 11.9 Å². The van der Waals surface area contributed by atoms with Crippen LogP contribution in [-0.2, 0) is 11.0 Å². The number of halogens is 4. The first-order valence-electron chi connectivity index (χ1n) is 6.60. The van der Waals surface area contributed by atoms with Gasteiger partial charge in [0.05, 0.1) is 5.56 Å². The maximum absolute atomic E-state index is 12.8. The van der Waals surface area contributed by atoms with Crippen LogP contribution in [0.4, 0.5) is 18.9 Å². The highest BCUT2D eigenvalue weighted by atomic mass is 79.9. The molecule has 3 N–H and O–H groups in total. The summed E-state index contributed by atoms with van der Waals surface area (Å²) in [5.41, 5.74) is 4.75. The van der Waals surface area contributed by atoms with Gasteiger partial charge in [-0.1, -0.05) is 22.9 Å². The lowest BCUT2D eigenvalue weighted by Crippen LogP contribution is -2.15. The molecule has 0 saturated heterocycles. The molecule has 21 heavy (non-hydrogen) atoms. The molecule has 1 aromatic carbocycles. The fraction of sp³-hybridized carbons (Fsp3) is 0.500. The summed E-state index contributed by atoms with van der Waals surface area (Å²) < 4.78 is 38.2. The zero-order valence-electron chi connectivity index (χ0n) is 11.6. The Morgan fingerprint density at radius 2 is 2.05 bits per heavy atom. The highest BCUT2D eigenvalue weighted by Gasteiger charge is 2.33. The molecule has 0 fully saturated rings. The highest BCUT2D eigenvalue weighted by molar-refractivity contribution is 9.10. The van der Waals surface area contributed by atoms with E-state index in [-0.39, 0.29) is 22.5 Å². The number of rotatable bonds is 6. The van der Waals surface area contributed by atoms with Gasteiger partial charge in [-0.3, -0.25) is 4.79 Å². The lowest BCUT2D eigenvalue weighted by Gasteiger charge is -2.13. The first-order valence-corrected chi connectivity index (χ1v) is 7.40. The average molecular weight is 367 g/mol. The fourth-order valence-electron chi connectivity index (χ4n) is 1.85. The highest BCUT2D eigenvalue weighted by Crippen LogP contribution is 2.36. The second-order valence-corrected chi connectivity index (χ2v) is 5.82. The van der Waals surface area contributed by atoms with E-state index in [1.807, 2.05) is 6.92 Å². The molecule has 0 aliphatic rings. The molecule has 0 aliphatic heterocycles. The van der Waals surface area contributed by atoms with Crippen molar-refractivity contribution in [3.05, 3.63) is 28.2 Å². The minimum Gasteiger partial charge on any atom is -0.330 e. The number of alkyl halides is 3. The minimum absolute atomic E-state index is 0.0513. The van der Waals surface area contributed by atoms with Gasteiger partial charge < -0.3 is 11.1 Å². The standard InChI is InChI=1S/C14H18BrF3N2O/c1-9(6-7-19)2-5-13(21)20-10-3-4-12(15)11(8-10)14(16,17)18/h3-4,8-9H,2,5-7,19H2,1H3,(H,20,21). The Morgan fingerprint density at radius 1 is 1.38 bits per heavy atom. The Bertz CT molecular complexity index is 492. The molecule has 0 aliphatic carbocycles. The largest absolute Gasteiger partial charge is 0.417 e. The van der Waals surface area contributed by atoms with Crippen molar-refractivity contribution in [1.82, 2.24) is 0 Å². The van der Waals surface area contributed by atoms with Gasteiger partial charge in [0.2, 0.25) is 5.91 Å². The zero-order valence-corrected chi connectivity index (χ0v) is 13.2. The molecule has 1 amide bonds. The quantitative estimate of drug-likeness (QED) is 0.793. The van der Waals surface area contributed by atoms with Crippen LogP contribution in [0.25, 0.3) is 0 Å². The van der Waals surface area contributed by atoms with E-state index in [4.69, 9.17) is 5.73 Å². The number of anilines is 1. The number of hydrogen-bond acceptors (Lipinski definition) is 2. The molecule has 1 atom stereocenters. The molecule has 0 bridgehead atoms. The van der Waals surface area contributed by atoms with Crippen LogP contribution in [0.1, 0.15) is 31.7 Å². The van der Waals surface area contributed by atoms with Crippen molar-refractivity contribution in [2.45, 2.75) is 32.4 Å². The normalized spacial score (nSPS) is 13.0. The zero-order chi connectivity index (χ0) is 16.0. The summed E-state index contributed by atoms with van der Waals surface area (Å²) in [6.07, 6.45) is -2.72. The van der Waals surface area contributed by atoms with Crippen molar-refractivity contribution in [1.29, 1.82) is 0 Å². The van der Waals surface area contributed by atoms with Crippen LogP contribution in [-0.4, -0.2) is 12.5 Å². The van der Waals surface area contributed by atoms with Crippen molar-refractivity contribution in [3.63, 3.8) is 0 Å². The molecule has 0 heterocycles. The summed E-state index contributed by atoms with van der Waals surface area (Å²) in [6, 6.07) is 3.63. The summed E-state index contributed by atoms with van der Waals surface area (Å²) in [7, 11) is 0. The first-order chi connectivity index (χ1) is 9.74. The number of hydrogen-bond donors (Lipinski definition) is 2. The topological polar surface area (TPSA) is 55.1 Å². The van der Waals surface area contributed by atoms with Gasteiger partial charge in [-0.05, 0) is 43.5 Å². The van der Waals surface area contributed by atoms with Crippen LogP contribution in [0.3, 0.4) is 0 Å². The number of nitrogens with one attached hydrogen (secondary N) is 1. The molecule has 1 unspecified atom stereocenters. The van der Waals surface area contributed by atoms with E-state index in [0.29, 0.717) is 18.9 Å². The van der Waals surface area contributed by atoms with Crippen molar-refractivity contribution in [3.8, 4) is 0 Å². The van der Waals surface area contributed by atoms with Crippen LogP contribution < -0.4 is 11.1 Å². The first kappa shape index (κ1) is 18.0. The number of benzene rings is 1. The Kier molecular flexibility index (Phi) is 6.67. The summed E-state index contributed by atoms with van der Waals surface area (Å²) in [5, 5.41) is 2.49. The van der Waals surface area contributed by atoms with Gasteiger partial charge in [-0.25, -0.2) is 0 Å². The molecular weight excluding hydrogens is 349 g/mol. The summed E-state index contributed by atoms with van der Waals surface area (Å²) in [5.74, 6) is 0.0192. The molecule has 1 aromatic rings. The monoisotopic (exact) mass is 366 g/mol. The third kappa shape index (κ3) is 6.05. The Balaban J connectivity index is 2.65. The van der Waals surface area contributed by atoms with E-state index < -0.39 is 11.7 Å². The molecular formula is C14H18BrF3N2O. The smallest absolute Gasteiger partial charge is 0.330 e. The average Bonchev–Trinajstić information content (AvgIpc) is 2.38. The molecule has 1 rings (SSSR count). The molecule has 0 radical (unpaired) electrons. The lowest BCUT2D eigenvalue weighted by atomic mass is 10.0. The predicted molar refractivity (Wildman–Crippen MR) is 79.8 cm³/mol. The third-order valence-corrected chi connectivity index (χ3v) is 3.77. The maximum atomic E-state index is 12.8. The molecule has 118 valence electrons. The molecule has 0 spiro atoms. The van der Waals surface area contributed by atoms with Crippen molar-refractivity contribution >= 4 is 27.5 Å². The SMILES string of the molecule is CC(CCN)CCC(=O)Nc1ccc(Br)c(C(F)(F)F)c1. The van der Waals surface area contributed by atoms with Gasteiger partial charge >= 0.3 is 6.18 Å². The van der Waals surface area contributed by atoms with Crippen LogP contribution in [0.15, 0.2) is 22.7 Å². The Hall–Kier alpha value is -1.08. The number of carbonyl (C=O) groups excluding carboxylic acids is 1. The number of carbonyl (C=O) groups is 1. The van der Waals surface area contributed by atoms with Crippen LogP contribution in [0.2, 0.25) is 0 Å². The number of nitrogens with two attached hydrogens (primary N) is 1. The van der Waals surface area contributed by atoms with Gasteiger partial charge in [0.15, 0.2) is 0 Å². The lowest BCUT2D eigenvalue weighted by molar-refractivity contribution is -0.138. The van der Waals surface area contributed by atoms with Crippen molar-refractivity contribution in [2.24, 2.45) is 11.7 Å². The van der Waals surface area contributed by atoms with E-state index in [0.717, 1.165) is 12.5 Å². The summed E-state index contributed by atoms with van der Waals surface area (Å²) >= 11 is 2.85. The van der Waals surface area contributed by atoms with Gasteiger partial charge in [0, 0.05) is 16.6 Å². The molecule has 7 heteroatoms. The summed E-state index contributed by atoms with van der Waals surface area (Å²) in [6.45, 7) is 2.55. The van der Waals surface area contributed by atoms with Crippen LogP contribution >= 0.6 is 15.9 Å². The van der Waals surface area contributed by atoms with E-state index in [9.17, 15) is 18.0 Å². The maximum Gasteiger partial charge on any atom is 0.417 e. The van der Waals surface area contributed by atoms with Crippen LogP contribution in [0.5, 0.6) is 0 Å². The summed E-state index contributed by atoms with van der Waals surface area (Å²) in [4.78, 5) is 11.7. The molecule has 3 nitrogen and oxygen atoms in total. The number of amides is 1. The second-order valence-electron chi connectivity index (χ2n) is 4.96. The van der Waals surface area contributed by atoms with Gasteiger partial charge in [-0.15, -0.1) is 0 Å². The molecule has 0 saturated carbocycles.